The summed E-state index contributed by atoms with van der Waals surface area (Å²) in [7, 11) is 0. The van der Waals surface area contributed by atoms with E-state index in [9.17, 15) is 9.59 Å². The standard InChI is InChI=1S/C26H22N2O4S/c1-16-21(27-24(32-16)17-7-3-2-4-8-17)13-14-31-23-12-11-18(19-9-5-6-10-20(19)23)15-22-25(29)33-26(30)28-22/h2-12,22H,13-15H2,1H3,(H,28,30). The first-order valence-electron chi connectivity index (χ1n) is 10.8. The highest BCUT2D eigenvalue weighted by atomic mass is 32.2. The highest BCUT2D eigenvalue weighted by Gasteiger charge is 2.31. The fourth-order valence-electron chi connectivity index (χ4n) is 4.01. The van der Waals surface area contributed by atoms with Crippen LogP contribution in [-0.4, -0.2) is 28.0 Å². The molecule has 2 heterocycles. The fraction of sp³-hybridized carbons (Fsp3) is 0.192. The van der Waals surface area contributed by atoms with Gasteiger partial charge >= 0.3 is 0 Å². The van der Waals surface area contributed by atoms with Gasteiger partial charge in [-0.05, 0) is 36.1 Å². The van der Waals surface area contributed by atoms with Crippen LogP contribution in [0.2, 0.25) is 0 Å². The van der Waals surface area contributed by atoms with Crippen molar-refractivity contribution in [2.45, 2.75) is 25.8 Å². The Bertz CT molecular complexity index is 1330. The maximum Gasteiger partial charge on any atom is 0.287 e. The topological polar surface area (TPSA) is 81.4 Å². The second-order valence-electron chi connectivity index (χ2n) is 7.86. The summed E-state index contributed by atoms with van der Waals surface area (Å²) in [5.74, 6) is 2.18. The van der Waals surface area contributed by atoms with E-state index < -0.39 is 6.04 Å². The van der Waals surface area contributed by atoms with Crippen LogP contribution in [0.5, 0.6) is 5.75 Å². The van der Waals surface area contributed by atoms with Crippen LogP contribution in [0, 0.1) is 6.92 Å². The quantitative estimate of drug-likeness (QED) is 0.404. The molecule has 0 saturated carbocycles. The molecule has 166 valence electrons. The minimum Gasteiger partial charge on any atom is -0.493 e. The van der Waals surface area contributed by atoms with Gasteiger partial charge in [0.1, 0.15) is 17.6 Å². The highest BCUT2D eigenvalue weighted by molar-refractivity contribution is 8.26. The van der Waals surface area contributed by atoms with Crippen LogP contribution in [0.15, 0.2) is 71.1 Å². The highest BCUT2D eigenvalue weighted by Crippen LogP contribution is 2.31. The molecule has 0 bridgehead atoms. The van der Waals surface area contributed by atoms with Crippen molar-refractivity contribution in [1.82, 2.24) is 10.3 Å². The largest absolute Gasteiger partial charge is 0.493 e. The molecule has 7 heteroatoms. The Morgan fingerprint density at radius 2 is 1.76 bits per heavy atom. The number of hydrogen-bond acceptors (Lipinski definition) is 6. The van der Waals surface area contributed by atoms with Crippen molar-refractivity contribution < 1.29 is 18.7 Å². The number of hydrogen-bond donors (Lipinski definition) is 1. The van der Waals surface area contributed by atoms with Crippen molar-refractivity contribution in [2.24, 2.45) is 0 Å². The van der Waals surface area contributed by atoms with Gasteiger partial charge in [-0.25, -0.2) is 4.98 Å². The second-order valence-corrected chi connectivity index (χ2v) is 8.84. The zero-order valence-electron chi connectivity index (χ0n) is 18.0. The van der Waals surface area contributed by atoms with E-state index in [4.69, 9.17) is 9.15 Å². The van der Waals surface area contributed by atoms with E-state index in [0.717, 1.165) is 50.9 Å². The molecule has 4 aromatic rings. The van der Waals surface area contributed by atoms with Crippen LogP contribution in [-0.2, 0) is 17.6 Å². The SMILES string of the molecule is Cc1oc(-c2ccccc2)nc1CCOc1ccc(CC2NC(=O)SC2=O)c2ccccc12. The molecule has 0 aliphatic carbocycles. The Labute approximate surface area is 195 Å². The number of nitrogens with zero attached hydrogens (tertiary/aromatic N) is 1. The summed E-state index contributed by atoms with van der Waals surface area (Å²) in [4.78, 5) is 28.2. The van der Waals surface area contributed by atoms with Crippen LogP contribution in [0.4, 0.5) is 4.79 Å². The van der Waals surface area contributed by atoms with Gasteiger partial charge in [0.05, 0.1) is 12.3 Å². The molecule has 33 heavy (non-hydrogen) atoms. The van der Waals surface area contributed by atoms with E-state index in [1.807, 2.05) is 73.7 Å². The maximum absolute atomic E-state index is 12.0. The Balaban J connectivity index is 1.31. The van der Waals surface area contributed by atoms with Crippen molar-refractivity contribution in [1.29, 1.82) is 0 Å². The maximum atomic E-state index is 12.0. The molecule has 6 nitrogen and oxygen atoms in total. The molecule has 1 unspecified atom stereocenters. The number of rotatable bonds is 7. The van der Waals surface area contributed by atoms with Gasteiger partial charge < -0.3 is 14.5 Å². The molecule has 1 N–H and O–H groups in total. The molecule has 0 spiro atoms. The number of fused-ring (bicyclic) bond motifs is 1. The molecule has 1 saturated heterocycles. The number of benzene rings is 3. The average molecular weight is 459 g/mol. The number of aryl methyl sites for hydroxylation is 1. The number of carbonyl (C=O) groups excluding carboxylic acids is 2. The van der Waals surface area contributed by atoms with Gasteiger partial charge in [-0.1, -0.05) is 48.5 Å². The van der Waals surface area contributed by atoms with E-state index in [0.29, 0.717) is 25.3 Å². The van der Waals surface area contributed by atoms with Crippen LogP contribution in [0.25, 0.3) is 22.2 Å². The minimum absolute atomic E-state index is 0.137. The zero-order valence-corrected chi connectivity index (χ0v) is 18.9. The minimum atomic E-state index is -0.494. The van der Waals surface area contributed by atoms with Gasteiger partial charge in [-0.15, -0.1) is 0 Å². The molecule has 1 aromatic heterocycles. The smallest absolute Gasteiger partial charge is 0.287 e. The average Bonchev–Trinajstić information content (AvgIpc) is 3.36. The number of ether oxygens (including phenoxy) is 1. The monoisotopic (exact) mass is 458 g/mol. The lowest BCUT2D eigenvalue weighted by molar-refractivity contribution is -0.112. The van der Waals surface area contributed by atoms with Gasteiger partial charge in [-0.3, -0.25) is 9.59 Å². The number of nitrogens with one attached hydrogen (secondary N) is 1. The third kappa shape index (κ3) is 4.50. The van der Waals surface area contributed by atoms with Gasteiger partial charge in [-0.2, -0.15) is 0 Å². The normalized spacial score (nSPS) is 15.7. The lowest BCUT2D eigenvalue weighted by Gasteiger charge is -2.14. The summed E-state index contributed by atoms with van der Waals surface area (Å²) in [5.41, 5.74) is 2.83. The van der Waals surface area contributed by atoms with Crippen LogP contribution < -0.4 is 10.1 Å². The number of amides is 1. The van der Waals surface area contributed by atoms with Crippen molar-refractivity contribution in [3.8, 4) is 17.2 Å². The third-order valence-corrected chi connectivity index (χ3v) is 6.47. The Morgan fingerprint density at radius 1 is 1.00 bits per heavy atom. The first kappa shape index (κ1) is 21.3. The second kappa shape index (κ2) is 9.11. The van der Waals surface area contributed by atoms with E-state index in [1.54, 1.807) is 0 Å². The molecular weight excluding hydrogens is 436 g/mol. The molecule has 1 aliphatic heterocycles. The molecule has 1 atom stereocenters. The van der Waals surface area contributed by atoms with Gasteiger partial charge in [0.15, 0.2) is 0 Å². The predicted molar refractivity (Wildman–Crippen MR) is 128 cm³/mol. The van der Waals surface area contributed by atoms with E-state index >= 15 is 0 Å². The molecule has 5 rings (SSSR count). The van der Waals surface area contributed by atoms with Gasteiger partial charge in [0.2, 0.25) is 11.0 Å². The van der Waals surface area contributed by atoms with E-state index in [1.165, 1.54) is 0 Å². The molecule has 1 amide bonds. The van der Waals surface area contributed by atoms with Crippen LogP contribution in [0.3, 0.4) is 0 Å². The summed E-state index contributed by atoms with van der Waals surface area (Å²) in [6, 6.07) is 21.2. The van der Waals surface area contributed by atoms with Gasteiger partial charge in [0.25, 0.3) is 5.24 Å². The summed E-state index contributed by atoms with van der Waals surface area (Å²) < 4.78 is 12.0. The van der Waals surface area contributed by atoms with E-state index in [-0.39, 0.29) is 10.4 Å². The van der Waals surface area contributed by atoms with Crippen LogP contribution in [0.1, 0.15) is 17.0 Å². The molecule has 1 aliphatic rings. The zero-order chi connectivity index (χ0) is 22.8. The lowest BCUT2D eigenvalue weighted by Crippen LogP contribution is -2.30. The molecular formula is C26H22N2O4S. The van der Waals surface area contributed by atoms with Gasteiger partial charge in [0, 0.05) is 35.6 Å². The number of carbonyl (C=O) groups is 2. The van der Waals surface area contributed by atoms with Crippen LogP contribution >= 0.6 is 11.8 Å². The summed E-state index contributed by atoms with van der Waals surface area (Å²) in [6.07, 6.45) is 1.08. The molecule has 3 aromatic carbocycles. The van der Waals surface area contributed by atoms with Crippen molar-refractivity contribution in [2.75, 3.05) is 6.61 Å². The summed E-state index contributed by atoms with van der Waals surface area (Å²) in [6.45, 7) is 2.37. The van der Waals surface area contributed by atoms with Crippen molar-refractivity contribution in [3.05, 3.63) is 83.7 Å². The predicted octanol–water partition coefficient (Wildman–Crippen LogP) is 5.32. The fourth-order valence-corrected chi connectivity index (χ4v) is 4.68. The number of aromatic nitrogens is 1. The summed E-state index contributed by atoms with van der Waals surface area (Å²) in [5, 5.41) is 4.29. The number of oxazole rings is 1. The van der Waals surface area contributed by atoms with Crippen molar-refractivity contribution in [3.63, 3.8) is 0 Å². The van der Waals surface area contributed by atoms with Crippen molar-refractivity contribution >= 4 is 32.9 Å². The first-order chi connectivity index (χ1) is 16.1. The van der Waals surface area contributed by atoms with E-state index in [2.05, 4.69) is 10.3 Å². The Morgan fingerprint density at radius 3 is 2.52 bits per heavy atom. The Kier molecular flexibility index (Phi) is 5.88. The summed E-state index contributed by atoms with van der Waals surface area (Å²) >= 11 is 0.739. The first-order valence-corrected chi connectivity index (χ1v) is 11.6. The number of thioether (sulfide) groups is 1. The molecule has 0 radical (unpaired) electrons. The third-order valence-electron chi connectivity index (χ3n) is 5.68. The molecule has 1 fully saturated rings. The Hall–Kier alpha value is -3.58. The lowest BCUT2D eigenvalue weighted by atomic mass is 9.98.